The molecule has 13 aromatic rings. The summed E-state index contributed by atoms with van der Waals surface area (Å²) in [6.45, 7) is 0. The summed E-state index contributed by atoms with van der Waals surface area (Å²) >= 11 is 0. The molecule has 2 aromatic heterocycles. The molecular weight excluding hydrogens is 823 g/mol. The van der Waals surface area contributed by atoms with Gasteiger partial charge in [0.1, 0.15) is 0 Å². The number of anilines is 3. The molecule has 0 saturated heterocycles. The van der Waals surface area contributed by atoms with Crippen molar-refractivity contribution < 1.29 is 0 Å². The van der Waals surface area contributed by atoms with Gasteiger partial charge in [0.05, 0.1) is 38.9 Å². The van der Waals surface area contributed by atoms with Gasteiger partial charge in [-0.15, -0.1) is 0 Å². The van der Waals surface area contributed by atoms with Crippen molar-refractivity contribution >= 4 is 71.4 Å². The standard InChI is InChI=1S/C65H41N3/c1-2-20-43(21-3-1)67-59-32-14-9-25-49(59)51-38-36-44(40-62(51)67)66(45-37-39-52-50-26-10-15-33-60(50)68(63(52)41-45)58-34-16-19-42-18-4-5-22-46(42)58)61-35-17-31-57-64(61)53-27-8-13-30-56(53)65(57)54-28-11-6-23-47(54)48-24-7-12-29-55(48)65/h1-41H. The second-order valence-electron chi connectivity index (χ2n) is 18.4. The Morgan fingerprint density at radius 1 is 0.309 bits per heavy atom. The zero-order valence-corrected chi connectivity index (χ0v) is 37.0. The molecule has 0 fully saturated rings. The van der Waals surface area contributed by atoms with Crippen LogP contribution in [0, 0.1) is 0 Å². The zero-order valence-electron chi connectivity index (χ0n) is 37.0. The summed E-state index contributed by atoms with van der Waals surface area (Å²) in [5.74, 6) is 0. The molecule has 0 unspecified atom stereocenters. The van der Waals surface area contributed by atoms with Gasteiger partial charge in [-0.3, -0.25) is 0 Å². The highest BCUT2D eigenvalue weighted by Crippen LogP contribution is 2.64. The lowest BCUT2D eigenvalue weighted by Crippen LogP contribution is -2.26. The quantitative estimate of drug-likeness (QED) is 0.168. The third-order valence-electron chi connectivity index (χ3n) is 15.1. The van der Waals surface area contributed by atoms with Crippen molar-refractivity contribution in [1.82, 2.24) is 9.13 Å². The van der Waals surface area contributed by atoms with Crippen LogP contribution in [0.2, 0.25) is 0 Å². The predicted octanol–water partition coefficient (Wildman–Crippen LogP) is 16.8. The van der Waals surface area contributed by atoms with Gasteiger partial charge < -0.3 is 14.0 Å². The van der Waals surface area contributed by atoms with E-state index in [0.717, 1.165) is 33.8 Å². The second-order valence-corrected chi connectivity index (χ2v) is 18.4. The first-order chi connectivity index (χ1) is 33.8. The van der Waals surface area contributed by atoms with Crippen LogP contribution in [0.1, 0.15) is 22.3 Å². The number of hydrogen-bond donors (Lipinski definition) is 0. The molecule has 0 aliphatic heterocycles. The number of para-hydroxylation sites is 3. The summed E-state index contributed by atoms with van der Waals surface area (Å²) in [5, 5.41) is 7.36. The van der Waals surface area contributed by atoms with Crippen molar-refractivity contribution in [3.8, 4) is 33.6 Å². The highest BCUT2D eigenvalue weighted by Gasteiger charge is 2.52. The number of fused-ring (bicyclic) bond motifs is 17. The maximum absolute atomic E-state index is 2.54. The molecule has 0 radical (unpaired) electrons. The van der Waals surface area contributed by atoms with Gasteiger partial charge in [-0.1, -0.05) is 188 Å². The number of benzene rings is 11. The van der Waals surface area contributed by atoms with Crippen molar-refractivity contribution in [3.63, 3.8) is 0 Å². The lowest BCUT2D eigenvalue weighted by atomic mass is 9.70. The Labute approximate surface area is 393 Å². The van der Waals surface area contributed by atoms with Gasteiger partial charge in [-0.2, -0.15) is 0 Å². The number of hydrogen-bond acceptors (Lipinski definition) is 1. The molecule has 3 nitrogen and oxygen atoms in total. The first-order valence-corrected chi connectivity index (χ1v) is 23.6. The minimum absolute atomic E-state index is 0.477. The van der Waals surface area contributed by atoms with Crippen LogP contribution in [0.3, 0.4) is 0 Å². The number of nitrogens with zero attached hydrogens (tertiary/aromatic N) is 3. The lowest BCUT2D eigenvalue weighted by Gasteiger charge is -2.32. The van der Waals surface area contributed by atoms with E-state index in [2.05, 4.69) is 263 Å². The number of rotatable bonds is 5. The average molecular weight is 864 g/mol. The van der Waals surface area contributed by atoms with E-state index in [-0.39, 0.29) is 0 Å². The Morgan fingerprint density at radius 3 is 1.46 bits per heavy atom. The lowest BCUT2D eigenvalue weighted by molar-refractivity contribution is 0.794. The van der Waals surface area contributed by atoms with Crippen LogP contribution in [0.5, 0.6) is 0 Å². The molecule has 0 bridgehead atoms. The van der Waals surface area contributed by atoms with E-state index in [1.807, 2.05) is 0 Å². The summed E-state index contributed by atoms with van der Waals surface area (Å²) in [6, 6.07) is 92.5. The molecule has 68 heavy (non-hydrogen) atoms. The normalized spacial score (nSPS) is 13.1. The maximum atomic E-state index is 2.54. The molecule has 3 heteroatoms. The van der Waals surface area contributed by atoms with E-state index in [1.165, 1.54) is 93.5 Å². The van der Waals surface area contributed by atoms with Gasteiger partial charge in [0.25, 0.3) is 0 Å². The minimum Gasteiger partial charge on any atom is -0.310 e. The smallest absolute Gasteiger partial charge is 0.0726 e. The zero-order chi connectivity index (χ0) is 44.5. The monoisotopic (exact) mass is 863 g/mol. The molecule has 1 spiro atoms. The van der Waals surface area contributed by atoms with Crippen LogP contribution in [0.25, 0.3) is 88.0 Å². The number of aromatic nitrogens is 2. The van der Waals surface area contributed by atoms with Crippen molar-refractivity contribution in [1.29, 1.82) is 0 Å². The van der Waals surface area contributed by atoms with E-state index in [1.54, 1.807) is 0 Å². The fourth-order valence-electron chi connectivity index (χ4n) is 12.5. The third kappa shape index (κ3) is 4.92. The second kappa shape index (κ2) is 14.0. The van der Waals surface area contributed by atoms with Crippen LogP contribution in [-0.2, 0) is 5.41 Å². The molecule has 2 aliphatic rings. The Hall–Kier alpha value is -8.92. The topological polar surface area (TPSA) is 13.1 Å². The summed E-state index contributed by atoms with van der Waals surface area (Å²) in [7, 11) is 0. The molecule has 0 atom stereocenters. The van der Waals surface area contributed by atoms with Gasteiger partial charge in [0.15, 0.2) is 0 Å². The van der Waals surface area contributed by atoms with Crippen molar-refractivity contribution in [2.75, 3.05) is 4.90 Å². The summed E-state index contributed by atoms with van der Waals surface area (Å²) < 4.78 is 4.91. The fourth-order valence-corrected chi connectivity index (χ4v) is 12.5. The van der Waals surface area contributed by atoms with E-state index >= 15 is 0 Å². The largest absolute Gasteiger partial charge is 0.310 e. The SMILES string of the molecule is c1ccc(-n2c3ccccc3c3ccc(N(c4ccc5c6ccccc6n(-c6cccc7ccccc67)c5c4)c4cccc5c4-c4ccccc4C54c5ccccc5-c5ccccc54)cc32)cc1. The van der Waals surface area contributed by atoms with Crippen LogP contribution in [-0.4, -0.2) is 9.13 Å². The van der Waals surface area contributed by atoms with Crippen molar-refractivity contribution in [3.05, 3.63) is 271 Å². The fraction of sp³-hybridized carbons (Fsp3) is 0.0154. The van der Waals surface area contributed by atoms with Crippen molar-refractivity contribution in [2.45, 2.75) is 5.41 Å². The van der Waals surface area contributed by atoms with E-state index in [4.69, 9.17) is 0 Å². The Bertz CT molecular complexity index is 4180. The first-order valence-electron chi connectivity index (χ1n) is 23.6. The molecule has 2 aliphatic carbocycles. The molecular formula is C65H41N3. The van der Waals surface area contributed by atoms with Gasteiger partial charge in [0, 0.05) is 49.6 Å². The van der Waals surface area contributed by atoms with E-state index in [0.29, 0.717) is 0 Å². The Balaban J connectivity index is 1.06. The van der Waals surface area contributed by atoms with E-state index < -0.39 is 5.41 Å². The third-order valence-corrected chi connectivity index (χ3v) is 15.1. The highest BCUT2D eigenvalue weighted by atomic mass is 15.2. The minimum atomic E-state index is -0.477. The average Bonchev–Trinajstić information content (AvgIpc) is 4.11. The van der Waals surface area contributed by atoms with Crippen LogP contribution < -0.4 is 4.90 Å². The molecule has 2 heterocycles. The molecule has 0 N–H and O–H groups in total. The van der Waals surface area contributed by atoms with E-state index in [9.17, 15) is 0 Å². The summed E-state index contributed by atoms with van der Waals surface area (Å²) in [6.07, 6.45) is 0. The molecule has 15 rings (SSSR count). The summed E-state index contributed by atoms with van der Waals surface area (Å²) in [5.41, 5.74) is 20.3. The van der Waals surface area contributed by atoms with Crippen LogP contribution in [0.4, 0.5) is 17.1 Å². The first kappa shape index (κ1) is 37.3. The molecule has 316 valence electrons. The maximum Gasteiger partial charge on any atom is 0.0726 e. The van der Waals surface area contributed by atoms with Gasteiger partial charge in [0.2, 0.25) is 0 Å². The molecule has 0 amide bonds. The Morgan fingerprint density at radius 2 is 0.779 bits per heavy atom. The molecule has 11 aromatic carbocycles. The van der Waals surface area contributed by atoms with Crippen LogP contribution in [0.15, 0.2) is 249 Å². The van der Waals surface area contributed by atoms with Gasteiger partial charge in [-0.25, -0.2) is 0 Å². The molecule has 0 saturated carbocycles. The van der Waals surface area contributed by atoms with Crippen molar-refractivity contribution in [2.24, 2.45) is 0 Å². The van der Waals surface area contributed by atoms with Gasteiger partial charge in [-0.05, 0) is 105 Å². The predicted molar refractivity (Wildman–Crippen MR) is 284 cm³/mol. The highest BCUT2D eigenvalue weighted by molar-refractivity contribution is 6.13. The van der Waals surface area contributed by atoms with Gasteiger partial charge >= 0.3 is 0 Å². The van der Waals surface area contributed by atoms with Crippen LogP contribution >= 0.6 is 0 Å². The Kier molecular flexibility index (Phi) is 7.71. The summed E-state index contributed by atoms with van der Waals surface area (Å²) in [4.78, 5) is 2.54.